The molecule has 1 aliphatic rings. The first kappa shape index (κ1) is 13.3. The number of anilines is 1. The number of carbonyl (C=O) groups excluding carboxylic acids is 1. The summed E-state index contributed by atoms with van der Waals surface area (Å²) in [4.78, 5) is 19.4. The number of aromatic nitrogens is 1. The van der Waals surface area contributed by atoms with Crippen LogP contribution < -0.4 is 4.90 Å². The zero-order valence-corrected chi connectivity index (χ0v) is 10.8. The number of aliphatic hydroxyl groups is 1. The highest BCUT2D eigenvalue weighted by Gasteiger charge is 2.22. The number of aryl methyl sites for hydroxylation is 1. The summed E-state index contributed by atoms with van der Waals surface area (Å²) >= 11 is 0. The minimum atomic E-state index is -0.452. The van der Waals surface area contributed by atoms with Crippen molar-refractivity contribution < 1.29 is 9.90 Å². The molecule has 2 rings (SSSR count). The quantitative estimate of drug-likeness (QED) is 0.803. The van der Waals surface area contributed by atoms with Crippen molar-refractivity contribution >= 4 is 11.7 Å². The van der Waals surface area contributed by atoms with Crippen LogP contribution in [-0.4, -0.2) is 53.7 Å². The molecule has 0 radical (unpaired) electrons. The Hall–Kier alpha value is -2.13. The maximum absolute atomic E-state index is 11.4. The number of pyridine rings is 1. The van der Waals surface area contributed by atoms with Crippen LogP contribution in [0.4, 0.5) is 5.82 Å². The third-order valence-electron chi connectivity index (χ3n) is 3.20. The van der Waals surface area contributed by atoms with E-state index in [1.54, 1.807) is 11.0 Å². The molecule has 0 aromatic carbocycles. The molecule has 100 valence electrons. The van der Waals surface area contributed by atoms with Crippen LogP contribution in [0, 0.1) is 18.3 Å². The van der Waals surface area contributed by atoms with Crippen molar-refractivity contribution in [1.29, 1.82) is 5.26 Å². The standard InChI is InChI=1S/C13H16N4O2/c1-10-2-3-11(8-14)13(15-10)17-6-4-16(5-7-17)12(19)9-18/h2-3,18H,4-7,9H2,1H3. The van der Waals surface area contributed by atoms with Gasteiger partial charge in [-0.2, -0.15) is 5.26 Å². The van der Waals surface area contributed by atoms with Gasteiger partial charge in [-0.05, 0) is 19.1 Å². The maximum atomic E-state index is 11.4. The van der Waals surface area contributed by atoms with Gasteiger partial charge in [-0.15, -0.1) is 0 Å². The van der Waals surface area contributed by atoms with E-state index in [1.165, 1.54) is 0 Å². The molecule has 0 unspecified atom stereocenters. The molecule has 1 aliphatic heterocycles. The average molecular weight is 260 g/mol. The number of nitrogens with zero attached hydrogens (tertiary/aromatic N) is 4. The lowest BCUT2D eigenvalue weighted by atomic mass is 10.2. The van der Waals surface area contributed by atoms with Gasteiger partial charge in [0.15, 0.2) is 0 Å². The summed E-state index contributed by atoms with van der Waals surface area (Å²) in [6.45, 7) is 3.76. The molecule has 1 fully saturated rings. The second kappa shape index (κ2) is 5.67. The summed E-state index contributed by atoms with van der Waals surface area (Å²) in [5.41, 5.74) is 1.41. The first-order valence-electron chi connectivity index (χ1n) is 6.17. The zero-order chi connectivity index (χ0) is 13.8. The van der Waals surface area contributed by atoms with E-state index in [9.17, 15) is 4.79 Å². The topological polar surface area (TPSA) is 80.5 Å². The van der Waals surface area contributed by atoms with E-state index >= 15 is 0 Å². The van der Waals surface area contributed by atoms with Crippen LogP contribution in [0.15, 0.2) is 12.1 Å². The fraction of sp³-hybridized carbons (Fsp3) is 0.462. The fourth-order valence-electron chi connectivity index (χ4n) is 2.14. The lowest BCUT2D eigenvalue weighted by Crippen LogP contribution is -2.50. The molecule has 2 heterocycles. The first-order valence-corrected chi connectivity index (χ1v) is 6.17. The number of nitriles is 1. The molecule has 1 N–H and O–H groups in total. The molecule has 19 heavy (non-hydrogen) atoms. The number of piperazine rings is 1. The van der Waals surface area contributed by atoms with Gasteiger partial charge in [-0.1, -0.05) is 0 Å². The third-order valence-corrected chi connectivity index (χ3v) is 3.20. The molecule has 1 amide bonds. The Bertz CT molecular complexity index is 516. The first-order chi connectivity index (χ1) is 9.15. The molecule has 0 atom stereocenters. The second-order valence-electron chi connectivity index (χ2n) is 4.46. The Kier molecular flexibility index (Phi) is 3.97. The number of carbonyl (C=O) groups is 1. The molecule has 0 spiro atoms. The van der Waals surface area contributed by atoms with Crippen molar-refractivity contribution in [2.75, 3.05) is 37.7 Å². The Balaban J connectivity index is 2.12. The van der Waals surface area contributed by atoms with E-state index in [2.05, 4.69) is 11.1 Å². The van der Waals surface area contributed by atoms with Crippen molar-refractivity contribution in [2.45, 2.75) is 6.92 Å². The molecule has 0 aliphatic carbocycles. The van der Waals surface area contributed by atoms with Crippen molar-refractivity contribution in [2.24, 2.45) is 0 Å². The largest absolute Gasteiger partial charge is 0.387 e. The van der Waals surface area contributed by atoms with E-state index < -0.39 is 6.61 Å². The predicted molar refractivity (Wildman–Crippen MR) is 69.6 cm³/mol. The maximum Gasteiger partial charge on any atom is 0.248 e. The fourth-order valence-corrected chi connectivity index (χ4v) is 2.14. The van der Waals surface area contributed by atoms with Crippen LogP contribution in [0.2, 0.25) is 0 Å². The molecule has 6 nitrogen and oxygen atoms in total. The van der Waals surface area contributed by atoms with Crippen molar-refractivity contribution in [3.05, 3.63) is 23.4 Å². The molecule has 1 aromatic heterocycles. The summed E-state index contributed by atoms with van der Waals surface area (Å²) in [5, 5.41) is 17.9. The predicted octanol–water partition coefficient (Wildman–Crippen LogP) is -0.0974. The Morgan fingerprint density at radius 1 is 1.42 bits per heavy atom. The number of rotatable bonds is 2. The van der Waals surface area contributed by atoms with E-state index in [0.717, 1.165) is 5.69 Å². The molecular formula is C13H16N4O2. The van der Waals surface area contributed by atoms with E-state index in [0.29, 0.717) is 37.6 Å². The summed E-state index contributed by atoms with van der Waals surface area (Å²) in [7, 11) is 0. The van der Waals surface area contributed by atoms with Gasteiger partial charge in [0, 0.05) is 31.9 Å². The molecule has 0 bridgehead atoms. The normalized spacial score (nSPS) is 15.2. The SMILES string of the molecule is Cc1ccc(C#N)c(N2CCN(C(=O)CO)CC2)n1. The van der Waals surface area contributed by atoms with Crippen LogP contribution in [0.3, 0.4) is 0 Å². The smallest absolute Gasteiger partial charge is 0.248 e. The monoisotopic (exact) mass is 260 g/mol. The van der Waals surface area contributed by atoms with E-state index in [1.807, 2.05) is 17.9 Å². The lowest BCUT2D eigenvalue weighted by molar-refractivity contribution is -0.134. The third kappa shape index (κ3) is 2.83. The number of hydrogen-bond acceptors (Lipinski definition) is 5. The summed E-state index contributed by atoms with van der Waals surface area (Å²) in [5.74, 6) is 0.427. The lowest BCUT2D eigenvalue weighted by Gasteiger charge is -2.35. The van der Waals surface area contributed by atoms with Crippen molar-refractivity contribution in [3.63, 3.8) is 0 Å². The van der Waals surface area contributed by atoms with Gasteiger partial charge in [-0.3, -0.25) is 4.79 Å². The zero-order valence-electron chi connectivity index (χ0n) is 10.8. The van der Waals surface area contributed by atoms with Gasteiger partial charge in [0.25, 0.3) is 0 Å². The van der Waals surface area contributed by atoms with Crippen LogP contribution >= 0.6 is 0 Å². The van der Waals surface area contributed by atoms with Gasteiger partial charge in [0.2, 0.25) is 5.91 Å². The van der Waals surface area contributed by atoms with Crippen LogP contribution in [-0.2, 0) is 4.79 Å². The van der Waals surface area contributed by atoms with Gasteiger partial charge in [-0.25, -0.2) is 4.98 Å². The van der Waals surface area contributed by atoms with Gasteiger partial charge < -0.3 is 14.9 Å². The van der Waals surface area contributed by atoms with Crippen LogP contribution in [0.25, 0.3) is 0 Å². The van der Waals surface area contributed by atoms with Crippen LogP contribution in [0.1, 0.15) is 11.3 Å². The second-order valence-corrected chi connectivity index (χ2v) is 4.46. The van der Waals surface area contributed by atoms with E-state index in [-0.39, 0.29) is 5.91 Å². The van der Waals surface area contributed by atoms with Crippen LogP contribution in [0.5, 0.6) is 0 Å². The number of aliphatic hydroxyl groups excluding tert-OH is 1. The number of hydrogen-bond donors (Lipinski definition) is 1. The highest BCUT2D eigenvalue weighted by molar-refractivity contribution is 5.77. The molecule has 1 saturated heterocycles. The minimum absolute atomic E-state index is 0.252. The molecule has 1 aromatic rings. The summed E-state index contributed by atoms with van der Waals surface area (Å²) in [6.07, 6.45) is 0. The Labute approximate surface area is 111 Å². The molecule has 0 saturated carbocycles. The van der Waals surface area contributed by atoms with Gasteiger partial charge >= 0.3 is 0 Å². The molecular weight excluding hydrogens is 244 g/mol. The summed E-state index contributed by atoms with van der Waals surface area (Å²) in [6, 6.07) is 5.72. The Morgan fingerprint density at radius 3 is 2.68 bits per heavy atom. The number of amides is 1. The van der Waals surface area contributed by atoms with Gasteiger partial charge in [0.1, 0.15) is 18.5 Å². The minimum Gasteiger partial charge on any atom is -0.387 e. The summed E-state index contributed by atoms with van der Waals surface area (Å²) < 4.78 is 0. The van der Waals surface area contributed by atoms with E-state index in [4.69, 9.17) is 10.4 Å². The molecule has 6 heteroatoms. The van der Waals surface area contributed by atoms with Crippen molar-refractivity contribution in [3.8, 4) is 6.07 Å². The van der Waals surface area contributed by atoms with Crippen molar-refractivity contribution in [1.82, 2.24) is 9.88 Å². The Morgan fingerprint density at radius 2 is 2.11 bits per heavy atom. The van der Waals surface area contributed by atoms with Gasteiger partial charge in [0.05, 0.1) is 5.56 Å². The average Bonchev–Trinajstić information content (AvgIpc) is 2.46. The highest BCUT2D eigenvalue weighted by Crippen LogP contribution is 2.19. The highest BCUT2D eigenvalue weighted by atomic mass is 16.3.